The zero-order valence-corrected chi connectivity index (χ0v) is 21.3. The van der Waals surface area contributed by atoms with E-state index in [9.17, 15) is 15.8 Å². The highest BCUT2D eigenvalue weighted by molar-refractivity contribution is 6.23. The van der Waals surface area contributed by atoms with E-state index < -0.39 is 0 Å². The van der Waals surface area contributed by atoms with Crippen LogP contribution < -0.4 is 0 Å². The molecule has 0 atom stereocenters. The van der Waals surface area contributed by atoms with E-state index in [2.05, 4.69) is 60.7 Å². The van der Waals surface area contributed by atoms with Gasteiger partial charge in [0.05, 0.1) is 22.8 Å². The highest BCUT2D eigenvalue weighted by Gasteiger charge is 2.30. The molecule has 0 radical (unpaired) electrons. The third kappa shape index (κ3) is 3.35. The number of fused-ring (bicyclic) bond motifs is 3. The number of hydrogen-bond acceptors (Lipinski definition) is 3. The van der Waals surface area contributed by atoms with E-state index in [1.165, 1.54) is 0 Å². The van der Waals surface area contributed by atoms with Crippen molar-refractivity contribution in [1.82, 2.24) is 0 Å². The molecule has 0 aromatic heterocycles. The zero-order valence-electron chi connectivity index (χ0n) is 21.3. The summed E-state index contributed by atoms with van der Waals surface area (Å²) in [5.74, 6) is 0. The molecular formula is C37H19N3. The molecule has 0 aliphatic heterocycles. The van der Waals surface area contributed by atoms with Crippen LogP contribution in [0.4, 0.5) is 0 Å². The summed E-state index contributed by atoms with van der Waals surface area (Å²) in [6.07, 6.45) is 0. The first-order chi connectivity index (χ1) is 19.7. The largest absolute Gasteiger partial charge is 0.192 e. The molecule has 40 heavy (non-hydrogen) atoms. The second kappa shape index (κ2) is 9.11. The molecule has 0 unspecified atom stereocenters. The maximum absolute atomic E-state index is 9.91. The van der Waals surface area contributed by atoms with Gasteiger partial charge in [-0.3, -0.25) is 0 Å². The minimum absolute atomic E-state index is 0.352. The lowest BCUT2D eigenvalue weighted by molar-refractivity contribution is 1.43. The summed E-state index contributed by atoms with van der Waals surface area (Å²) in [7, 11) is 0. The lowest BCUT2D eigenvalue weighted by Gasteiger charge is -2.21. The van der Waals surface area contributed by atoms with Crippen molar-refractivity contribution < 1.29 is 0 Å². The average Bonchev–Trinajstić information content (AvgIpc) is 3.36. The SMILES string of the molecule is N#Cc1ccc(-c2cc(-c3ccccc3)c3c(c2-c2ccccc2)-c2cccc4c(C#N)ccc-3c24)cc1C#N. The van der Waals surface area contributed by atoms with Crippen molar-refractivity contribution in [2.24, 2.45) is 0 Å². The van der Waals surface area contributed by atoms with Crippen molar-refractivity contribution in [2.45, 2.75) is 0 Å². The Bertz CT molecular complexity index is 2120. The highest BCUT2D eigenvalue weighted by Crippen LogP contribution is 2.57. The lowest BCUT2D eigenvalue weighted by Crippen LogP contribution is -1.95. The van der Waals surface area contributed by atoms with Crippen molar-refractivity contribution in [3.05, 3.63) is 132 Å². The van der Waals surface area contributed by atoms with Crippen molar-refractivity contribution in [3.8, 4) is 73.8 Å². The van der Waals surface area contributed by atoms with Gasteiger partial charge in [0.25, 0.3) is 0 Å². The van der Waals surface area contributed by atoms with E-state index in [1.54, 1.807) is 6.07 Å². The summed E-state index contributed by atoms with van der Waals surface area (Å²) in [6.45, 7) is 0. The van der Waals surface area contributed by atoms with Gasteiger partial charge in [-0.25, -0.2) is 0 Å². The molecule has 0 saturated carbocycles. The first-order valence-corrected chi connectivity index (χ1v) is 13.0. The van der Waals surface area contributed by atoms with E-state index in [-0.39, 0.29) is 0 Å². The molecule has 0 bridgehead atoms. The van der Waals surface area contributed by atoms with Crippen molar-refractivity contribution in [2.75, 3.05) is 0 Å². The Kier molecular flexibility index (Phi) is 5.28. The minimum Gasteiger partial charge on any atom is -0.192 e. The molecule has 0 spiro atoms. The molecule has 6 aromatic carbocycles. The molecule has 1 aliphatic carbocycles. The van der Waals surface area contributed by atoms with Gasteiger partial charge < -0.3 is 0 Å². The Morgan fingerprint density at radius 1 is 0.375 bits per heavy atom. The second-order valence-corrected chi connectivity index (χ2v) is 9.81. The normalized spacial score (nSPS) is 10.9. The van der Waals surface area contributed by atoms with Crippen LogP contribution >= 0.6 is 0 Å². The van der Waals surface area contributed by atoms with E-state index in [0.717, 1.165) is 66.4 Å². The maximum Gasteiger partial charge on any atom is 0.101 e. The van der Waals surface area contributed by atoms with Crippen LogP contribution in [0.5, 0.6) is 0 Å². The molecule has 7 rings (SSSR count). The van der Waals surface area contributed by atoms with Crippen molar-refractivity contribution >= 4 is 10.8 Å². The maximum atomic E-state index is 9.91. The number of nitrogens with zero attached hydrogens (tertiary/aromatic N) is 3. The van der Waals surface area contributed by atoms with Crippen LogP contribution in [-0.4, -0.2) is 0 Å². The summed E-state index contributed by atoms with van der Waals surface area (Å²) >= 11 is 0. The molecule has 3 heteroatoms. The van der Waals surface area contributed by atoms with Gasteiger partial charge in [-0.05, 0) is 85.3 Å². The molecule has 0 N–H and O–H groups in total. The molecule has 0 fully saturated rings. The molecule has 182 valence electrons. The first kappa shape index (κ1) is 23.2. The van der Waals surface area contributed by atoms with Crippen LogP contribution in [0.25, 0.3) is 66.4 Å². The van der Waals surface area contributed by atoms with Crippen LogP contribution in [0.3, 0.4) is 0 Å². The molecule has 1 aliphatic rings. The molecule has 3 nitrogen and oxygen atoms in total. The van der Waals surface area contributed by atoms with Gasteiger partial charge in [0.2, 0.25) is 0 Å². The van der Waals surface area contributed by atoms with Gasteiger partial charge in [-0.1, -0.05) is 91.0 Å². The second-order valence-electron chi connectivity index (χ2n) is 9.81. The predicted molar refractivity (Wildman–Crippen MR) is 159 cm³/mol. The standard InChI is InChI=1S/C37H19N3/c38-20-26-15-14-25(18-28(26)22-40)33-19-32(23-8-3-1-4-9-23)36-31-17-16-27(21-39)29-12-7-13-30(35(29)31)37(36)34(33)24-10-5-2-6-11-24/h1-19H. The quantitative estimate of drug-likeness (QED) is 0.240. The summed E-state index contributed by atoms with van der Waals surface area (Å²) in [4.78, 5) is 0. The van der Waals surface area contributed by atoms with Crippen molar-refractivity contribution in [3.63, 3.8) is 0 Å². The summed E-state index contributed by atoms with van der Waals surface area (Å²) in [6, 6.07) is 45.2. The Morgan fingerprint density at radius 3 is 1.70 bits per heavy atom. The lowest BCUT2D eigenvalue weighted by atomic mass is 9.82. The molecule has 0 amide bonds. The summed E-state index contributed by atoms with van der Waals surface area (Å²) in [5.41, 5.74) is 11.9. The van der Waals surface area contributed by atoms with Crippen LogP contribution in [0.2, 0.25) is 0 Å². The Hall–Kier alpha value is -5.95. The predicted octanol–water partition coefficient (Wildman–Crippen LogP) is 9.10. The zero-order chi connectivity index (χ0) is 27.2. The number of rotatable bonds is 3. The minimum atomic E-state index is 0.352. The Morgan fingerprint density at radius 2 is 1.00 bits per heavy atom. The fourth-order valence-corrected chi connectivity index (χ4v) is 6.03. The molecule has 0 saturated heterocycles. The highest BCUT2D eigenvalue weighted by atomic mass is 14.3. The Balaban J connectivity index is 1.69. The fraction of sp³-hybridized carbons (Fsp3) is 0. The van der Waals surface area contributed by atoms with E-state index >= 15 is 0 Å². The number of benzene rings is 6. The fourth-order valence-electron chi connectivity index (χ4n) is 6.03. The third-order valence-electron chi connectivity index (χ3n) is 7.75. The van der Waals surface area contributed by atoms with Crippen LogP contribution in [0, 0.1) is 34.0 Å². The van der Waals surface area contributed by atoms with Crippen LogP contribution in [0.15, 0.2) is 115 Å². The van der Waals surface area contributed by atoms with Gasteiger partial charge in [0, 0.05) is 5.39 Å². The van der Waals surface area contributed by atoms with Gasteiger partial charge in [0.1, 0.15) is 12.1 Å². The van der Waals surface area contributed by atoms with Crippen molar-refractivity contribution in [1.29, 1.82) is 15.8 Å². The van der Waals surface area contributed by atoms with E-state index in [1.807, 2.05) is 66.7 Å². The Labute approximate surface area is 232 Å². The average molecular weight is 506 g/mol. The van der Waals surface area contributed by atoms with Crippen LogP contribution in [-0.2, 0) is 0 Å². The molecule has 6 aromatic rings. The molecule has 0 heterocycles. The van der Waals surface area contributed by atoms with E-state index in [0.29, 0.717) is 16.7 Å². The monoisotopic (exact) mass is 505 g/mol. The number of nitriles is 3. The third-order valence-corrected chi connectivity index (χ3v) is 7.75. The summed E-state index contributed by atoms with van der Waals surface area (Å²) < 4.78 is 0. The van der Waals surface area contributed by atoms with Gasteiger partial charge in [-0.15, -0.1) is 0 Å². The van der Waals surface area contributed by atoms with Crippen LogP contribution in [0.1, 0.15) is 16.7 Å². The van der Waals surface area contributed by atoms with Gasteiger partial charge >= 0.3 is 0 Å². The summed E-state index contributed by atoms with van der Waals surface area (Å²) in [5, 5.41) is 31.3. The smallest absolute Gasteiger partial charge is 0.101 e. The van der Waals surface area contributed by atoms with Gasteiger partial charge in [0.15, 0.2) is 0 Å². The first-order valence-electron chi connectivity index (χ1n) is 13.0. The molecular weight excluding hydrogens is 486 g/mol. The number of hydrogen-bond donors (Lipinski definition) is 0. The topological polar surface area (TPSA) is 71.4 Å². The van der Waals surface area contributed by atoms with Gasteiger partial charge in [-0.2, -0.15) is 15.8 Å². The van der Waals surface area contributed by atoms with E-state index in [4.69, 9.17) is 0 Å².